The smallest absolute Gasteiger partial charge is 0.264 e. The predicted molar refractivity (Wildman–Crippen MR) is 74.7 cm³/mol. The van der Waals surface area contributed by atoms with Crippen molar-refractivity contribution in [2.75, 3.05) is 26.2 Å². The Bertz CT molecular complexity index is 452. The third kappa shape index (κ3) is 3.05. The van der Waals surface area contributed by atoms with Crippen LogP contribution in [0.1, 0.15) is 16.6 Å². The summed E-state index contributed by atoms with van der Waals surface area (Å²) < 4.78 is 0. The first-order chi connectivity index (χ1) is 9.13. The molecule has 0 aliphatic carbocycles. The van der Waals surface area contributed by atoms with Crippen molar-refractivity contribution < 1.29 is 10.0 Å². The number of piperazine rings is 1. The van der Waals surface area contributed by atoms with Crippen LogP contribution in [0.5, 0.6) is 0 Å². The fraction of sp³-hybridized carbons (Fsp3) is 0.500. The highest BCUT2D eigenvalue weighted by molar-refractivity contribution is 7.12. The monoisotopic (exact) mass is 282 g/mol. The van der Waals surface area contributed by atoms with Gasteiger partial charge in [-0.05, 0) is 18.4 Å². The van der Waals surface area contributed by atoms with Gasteiger partial charge >= 0.3 is 0 Å². The minimum atomic E-state index is -0.107. The number of oxime groups is 1. The lowest BCUT2D eigenvalue weighted by atomic mass is 10.2. The quantitative estimate of drug-likeness (QED) is 0.369. The molecule has 1 fully saturated rings. The van der Waals surface area contributed by atoms with Crippen molar-refractivity contribution in [2.24, 2.45) is 10.9 Å². The van der Waals surface area contributed by atoms with Crippen molar-refractivity contribution >= 4 is 23.1 Å². The Morgan fingerprint density at radius 2 is 2.16 bits per heavy atom. The molecule has 104 valence electrons. The van der Waals surface area contributed by atoms with Crippen LogP contribution in [0.3, 0.4) is 0 Å². The van der Waals surface area contributed by atoms with Crippen molar-refractivity contribution in [3.05, 3.63) is 22.4 Å². The second-order valence-electron chi connectivity index (χ2n) is 4.51. The number of thiophene rings is 1. The van der Waals surface area contributed by atoms with Crippen molar-refractivity contribution in [1.29, 1.82) is 0 Å². The number of nitrogens with two attached hydrogens (primary N) is 1. The SMILES string of the molecule is CC(C(N)=NO)N1CCN(C(=O)c2cccs2)CC1. The Morgan fingerprint density at radius 3 is 2.68 bits per heavy atom. The minimum Gasteiger partial charge on any atom is -0.409 e. The molecular formula is C12H18N4O2S. The van der Waals surface area contributed by atoms with E-state index in [0.717, 1.165) is 18.0 Å². The van der Waals surface area contributed by atoms with E-state index in [1.165, 1.54) is 11.3 Å². The molecule has 0 aromatic carbocycles. The molecular weight excluding hydrogens is 264 g/mol. The van der Waals surface area contributed by atoms with Crippen molar-refractivity contribution in [1.82, 2.24) is 9.80 Å². The fourth-order valence-electron chi connectivity index (χ4n) is 2.14. The highest BCUT2D eigenvalue weighted by Gasteiger charge is 2.26. The number of nitrogens with zero attached hydrogens (tertiary/aromatic N) is 3. The van der Waals surface area contributed by atoms with E-state index in [2.05, 4.69) is 10.1 Å². The largest absolute Gasteiger partial charge is 0.409 e. The summed E-state index contributed by atoms with van der Waals surface area (Å²) in [5, 5.41) is 13.6. The van der Waals surface area contributed by atoms with Crippen molar-refractivity contribution in [3.63, 3.8) is 0 Å². The highest BCUT2D eigenvalue weighted by Crippen LogP contribution is 2.14. The Balaban J connectivity index is 1.91. The van der Waals surface area contributed by atoms with E-state index in [1.807, 2.05) is 29.3 Å². The minimum absolute atomic E-state index is 0.0890. The molecule has 0 bridgehead atoms. The van der Waals surface area contributed by atoms with Crippen LogP contribution in [-0.4, -0.2) is 59.0 Å². The zero-order valence-electron chi connectivity index (χ0n) is 10.8. The van der Waals surface area contributed by atoms with E-state index < -0.39 is 0 Å². The average Bonchev–Trinajstić information content (AvgIpc) is 2.99. The summed E-state index contributed by atoms with van der Waals surface area (Å²) in [4.78, 5) is 16.9. The molecule has 1 unspecified atom stereocenters. The Morgan fingerprint density at radius 1 is 1.47 bits per heavy atom. The topological polar surface area (TPSA) is 82.2 Å². The van der Waals surface area contributed by atoms with Crippen LogP contribution in [0.4, 0.5) is 0 Å². The molecule has 1 amide bonds. The molecule has 6 nitrogen and oxygen atoms in total. The molecule has 1 aliphatic heterocycles. The van der Waals surface area contributed by atoms with Crippen LogP contribution in [0, 0.1) is 0 Å². The molecule has 2 heterocycles. The van der Waals surface area contributed by atoms with Crippen LogP contribution in [-0.2, 0) is 0 Å². The summed E-state index contributed by atoms with van der Waals surface area (Å²) in [6.07, 6.45) is 0. The first-order valence-electron chi connectivity index (χ1n) is 6.17. The van der Waals surface area contributed by atoms with Crippen LogP contribution < -0.4 is 5.73 Å². The lowest BCUT2D eigenvalue weighted by Crippen LogP contribution is -2.54. The Labute approximate surface area is 116 Å². The van der Waals surface area contributed by atoms with Crippen molar-refractivity contribution in [3.8, 4) is 0 Å². The van der Waals surface area contributed by atoms with Crippen LogP contribution in [0.2, 0.25) is 0 Å². The fourth-order valence-corrected chi connectivity index (χ4v) is 2.83. The summed E-state index contributed by atoms with van der Waals surface area (Å²) >= 11 is 1.46. The standard InChI is InChI=1S/C12H18N4O2S/c1-9(11(13)14-18)15-4-6-16(7-5-15)12(17)10-3-2-8-19-10/h2-3,8-9,18H,4-7H2,1H3,(H2,13,14). The van der Waals surface area contributed by atoms with Gasteiger partial charge in [-0.15, -0.1) is 11.3 Å². The van der Waals surface area contributed by atoms with Gasteiger partial charge in [-0.2, -0.15) is 0 Å². The normalized spacial score (nSPS) is 19.4. The van der Waals surface area contributed by atoms with E-state index in [4.69, 9.17) is 10.9 Å². The van der Waals surface area contributed by atoms with Gasteiger partial charge in [0, 0.05) is 26.2 Å². The van der Waals surface area contributed by atoms with Gasteiger partial charge in [0.25, 0.3) is 5.91 Å². The summed E-state index contributed by atoms with van der Waals surface area (Å²) in [7, 11) is 0. The number of rotatable bonds is 3. The number of hydrogen-bond acceptors (Lipinski definition) is 5. The zero-order chi connectivity index (χ0) is 13.8. The van der Waals surface area contributed by atoms with Crippen LogP contribution >= 0.6 is 11.3 Å². The predicted octanol–water partition coefficient (Wildman–Crippen LogP) is 0.641. The molecule has 0 radical (unpaired) electrons. The van der Waals surface area contributed by atoms with E-state index in [1.54, 1.807) is 0 Å². The van der Waals surface area contributed by atoms with Gasteiger partial charge in [-0.1, -0.05) is 11.2 Å². The van der Waals surface area contributed by atoms with E-state index >= 15 is 0 Å². The molecule has 7 heteroatoms. The summed E-state index contributed by atoms with van der Waals surface area (Å²) in [5.41, 5.74) is 5.60. The summed E-state index contributed by atoms with van der Waals surface area (Å²) in [5.74, 6) is 0.295. The molecule has 3 N–H and O–H groups in total. The average molecular weight is 282 g/mol. The number of hydrogen-bond donors (Lipinski definition) is 2. The third-order valence-corrected chi connectivity index (χ3v) is 4.28. The molecule has 2 rings (SSSR count). The number of carbonyl (C=O) groups is 1. The van der Waals surface area contributed by atoms with Gasteiger partial charge in [0.1, 0.15) is 0 Å². The van der Waals surface area contributed by atoms with Gasteiger partial charge < -0.3 is 15.8 Å². The Hall–Kier alpha value is -1.60. The second kappa shape index (κ2) is 6.03. The first-order valence-corrected chi connectivity index (χ1v) is 7.05. The van der Waals surface area contributed by atoms with E-state index in [-0.39, 0.29) is 17.8 Å². The van der Waals surface area contributed by atoms with Gasteiger partial charge in [0.2, 0.25) is 0 Å². The molecule has 1 saturated heterocycles. The summed E-state index contributed by atoms with van der Waals surface area (Å²) in [6.45, 7) is 4.69. The van der Waals surface area contributed by atoms with Crippen LogP contribution in [0.15, 0.2) is 22.7 Å². The first kappa shape index (κ1) is 13.8. The molecule has 1 aromatic rings. The maximum atomic E-state index is 12.2. The third-order valence-electron chi connectivity index (χ3n) is 3.42. The lowest BCUT2D eigenvalue weighted by molar-refractivity contribution is 0.0623. The molecule has 0 spiro atoms. The van der Waals surface area contributed by atoms with Gasteiger partial charge in [-0.3, -0.25) is 9.69 Å². The zero-order valence-corrected chi connectivity index (χ0v) is 11.6. The van der Waals surface area contributed by atoms with Gasteiger partial charge in [0.15, 0.2) is 5.84 Å². The van der Waals surface area contributed by atoms with E-state index in [9.17, 15) is 4.79 Å². The van der Waals surface area contributed by atoms with Gasteiger partial charge in [-0.25, -0.2) is 0 Å². The number of amidine groups is 1. The van der Waals surface area contributed by atoms with Crippen LogP contribution in [0.25, 0.3) is 0 Å². The molecule has 19 heavy (non-hydrogen) atoms. The Kier molecular flexibility index (Phi) is 4.39. The maximum absolute atomic E-state index is 12.2. The molecule has 0 saturated carbocycles. The molecule has 1 aromatic heterocycles. The second-order valence-corrected chi connectivity index (χ2v) is 5.45. The maximum Gasteiger partial charge on any atom is 0.264 e. The van der Waals surface area contributed by atoms with Gasteiger partial charge in [0.05, 0.1) is 10.9 Å². The summed E-state index contributed by atoms with van der Waals surface area (Å²) in [6, 6.07) is 3.62. The van der Waals surface area contributed by atoms with Crippen molar-refractivity contribution in [2.45, 2.75) is 13.0 Å². The van der Waals surface area contributed by atoms with E-state index in [0.29, 0.717) is 13.1 Å². The number of amides is 1. The highest BCUT2D eigenvalue weighted by atomic mass is 32.1. The number of carbonyl (C=O) groups excluding carboxylic acids is 1. The molecule has 1 aliphatic rings. The molecule has 1 atom stereocenters. The lowest BCUT2D eigenvalue weighted by Gasteiger charge is -2.37.